The molecule has 20 heavy (non-hydrogen) atoms. The summed E-state index contributed by atoms with van der Waals surface area (Å²) < 4.78 is 19.6. The number of hydrogen-bond donors (Lipinski definition) is 1. The highest BCUT2D eigenvalue weighted by Crippen LogP contribution is 2.31. The Hall–Kier alpha value is -0.640. The van der Waals surface area contributed by atoms with Crippen LogP contribution in [-0.2, 0) is 4.74 Å². The van der Waals surface area contributed by atoms with E-state index in [1.54, 1.807) is 6.07 Å². The lowest BCUT2D eigenvalue weighted by Gasteiger charge is -2.28. The van der Waals surface area contributed by atoms with Gasteiger partial charge in [0.25, 0.3) is 0 Å². The molecule has 1 aromatic rings. The topological polar surface area (TPSA) is 21.3 Å². The molecule has 112 valence electrons. The normalized spacial score (nSPS) is 18.1. The van der Waals surface area contributed by atoms with Crippen molar-refractivity contribution in [3.63, 3.8) is 0 Å². The summed E-state index contributed by atoms with van der Waals surface area (Å²) in [4.78, 5) is 0. The fourth-order valence-electron chi connectivity index (χ4n) is 2.74. The van der Waals surface area contributed by atoms with E-state index < -0.39 is 0 Å². The molecule has 0 aliphatic carbocycles. The van der Waals surface area contributed by atoms with Crippen LogP contribution in [0.1, 0.15) is 44.2 Å². The van der Waals surface area contributed by atoms with Gasteiger partial charge in [-0.1, -0.05) is 30.7 Å². The first-order valence-electron chi connectivity index (χ1n) is 7.47. The number of rotatable bonds is 6. The monoisotopic (exact) mass is 299 g/mol. The van der Waals surface area contributed by atoms with E-state index in [-0.39, 0.29) is 16.9 Å². The fraction of sp³-hybridized carbons (Fsp3) is 0.625. The summed E-state index contributed by atoms with van der Waals surface area (Å²) >= 11 is 5.91. The zero-order chi connectivity index (χ0) is 14.4. The van der Waals surface area contributed by atoms with Crippen LogP contribution >= 0.6 is 11.6 Å². The second-order valence-corrected chi connectivity index (χ2v) is 5.85. The molecule has 4 heteroatoms. The van der Waals surface area contributed by atoms with Crippen molar-refractivity contribution in [3.05, 3.63) is 34.6 Å². The van der Waals surface area contributed by atoms with Crippen molar-refractivity contribution in [1.82, 2.24) is 5.32 Å². The van der Waals surface area contributed by atoms with Gasteiger partial charge in [0.2, 0.25) is 0 Å². The van der Waals surface area contributed by atoms with Gasteiger partial charge in [-0.3, -0.25) is 0 Å². The first-order chi connectivity index (χ1) is 9.72. The molecule has 0 bridgehead atoms. The van der Waals surface area contributed by atoms with Crippen molar-refractivity contribution in [1.29, 1.82) is 0 Å². The van der Waals surface area contributed by atoms with Crippen LogP contribution in [0.5, 0.6) is 0 Å². The van der Waals surface area contributed by atoms with Crippen molar-refractivity contribution in [3.8, 4) is 0 Å². The van der Waals surface area contributed by atoms with Crippen molar-refractivity contribution < 1.29 is 9.13 Å². The minimum Gasteiger partial charge on any atom is -0.381 e. The molecule has 1 fully saturated rings. The van der Waals surface area contributed by atoms with Gasteiger partial charge in [-0.2, -0.15) is 0 Å². The van der Waals surface area contributed by atoms with Crippen LogP contribution < -0.4 is 5.32 Å². The lowest BCUT2D eigenvalue weighted by Crippen LogP contribution is -2.27. The number of halogens is 2. The predicted octanol–water partition coefficient (Wildman–Crippen LogP) is 4.34. The molecule has 1 N–H and O–H groups in total. The van der Waals surface area contributed by atoms with Crippen LogP contribution in [0.15, 0.2) is 18.2 Å². The first-order valence-corrected chi connectivity index (χ1v) is 7.85. The maximum atomic E-state index is 14.2. The van der Waals surface area contributed by atoms with Crippen molar-refractivity contribution in [2.45, 2.75) is 38.6 Å². The van der Waals surface area contributed by atoms with Gasteiger partial charge in [-0.15, -0.1) is 0 Å². The van der Waals surface area contributed by atoms with E-state index in [1.165, 1.54) is 0 Å². The largest absolute Gasteiger partial charge is 0.381 e. The van der Waals surface area contributed by atoms with Crippen molar-refractivity contribution >= 4 is 11.6 Å². The fourth-order valence-corrected chi connectivity index (χ4v) is 2.93. The van der Waals surface area contributed by atoms with E-state index in [0.29, 0.717) is 11.5 Å². The highest BCUT2D eigenvalue weighted by molar-refractivity contribution is 6.30. The summed E-state index contributed by atoms with van der Waals surface area (Å²) in [6.45, 7) is 4.65. The predicted molar refractivity (Wildman–Crippen MR) is 80.6 cm³/mol. The second-order valence-electron chi connectivity index (χ2n) is 5.44. The second kappa shape index (κ2) is 7.96. The van der Waals surface area contributed by atoms with Gasteiger partial charge in [0.15, 0.2) is 0 Å². The standard InChI is InChI=1S/C16H23ClFNO/c1-2-8-19-15(11-12-6-9-20-10-7-12)13-4-3-5-14(17)16(13)18/h3-5,12,15,19H,2,6-11H2,1H3. The zero-order valence-electron chi connectivity index (χ0n) is 12.0. The molecule has 1 saturated heterocycles. The molecule has 2 rings (SSSR count). The third kappa shape index (κ3) is 4.18. The molecular weight excluding hydrogens is 277 g/mol. The van der Waals surface area contributed by atoms with Crippen molar-refractivity contribution in [2.24, 2.45) is 5.92 Å². The third-order valence-electron chi connectivity index (χ3n) is 3.91. The number of nitrogens with one attached hydrogen (secondary N) is 1. The van der Waals surface area contributed by atoms with Crippen LogP contribution in [0, 0.1) is 11.7 Å². The molecular formula is C16H23ClFNO. The van der Waals surface area contributed by atoms with Gasteiger partial charge in [0.05, 0.1) is 5.02 Å². The molecule has 1 aliphatic rings. The highest BCUT2D eigenvalue weighted by Gasteiger charge is 2.22. The Morgan fingerprint density at radius 1 is 1.40 bits per heavy atom. The summed E-state index contributed by atoms with van der Waals surface area (Å²) in [5.74, 6) is 0.311. The van der Waals surface area contributed by atoms with E-state index in [4.69, 9.17) is 16.3 Å². The lowest BCUT2D eigenvalue weighted by atomic mass is 9.89. The molecule has 0 radical (unpaired) electrons. The molecule has 2 nitrogen and oxygen atoms in total. The molecule has 1 heterocycles. The Labute approximate surface area is 125 Å². The minimum atomic E-state index is -0.283. The third-order valence-corrected chi connectivity index (χ3v) is 4.20. The summed E-state index contributed by atoms with van der Waals surface area (Å²) in [5, 5.41) is 3.67. The average molecular weight is 300 g/mol. The molecule has 1 atom stereocenters. The summed E-state index contributed by atoms with van der Waals surface area (Å²) in [6.07, 6.45) is 4.10. The minimum absolute atomic E-state index is 0.0387. The molecule has 0 aromatic heterocycles. The SMILES string of the molecule is CCCNC(CC1CCOCC1)c1cccc(Cl)c1F. The maximum absolute atomic E-state index is 14.2. The van der Waals surface area contributed by atoms with Crippen LogP contribution in [-0.4, -0.2) is 19.8 Å². The number of ether oxygens (including phenoxy) is 1. The summed E-state index contributed by atoms with van der Waals surface area (Å²) in [5.41, 5.74) is 0.692. The molecule has 1 aromatic carbocycles. The van der Waals surface area contributed by atoms with Crippen LogP contribution in [0.3, 0.4) is 0 Å². The van der Waals surface area contributed by atoms with Gasteiger partial charge in [-0.05, 0) is 44.2 Å². The van der Waals surface area contributed by atoms with Gasteiger partial charge in [0, 0.05) is 24.8 Å². The van der Waals surface area contributed by atoms with Gasteiger partial charge in [-0.25, -0.2) is 4.39 Å². The Bertz CT molecular complexity index is 421. The Morgan fingerprint density at radius 2 is 2.15 bits per heavy atom. The van der Waals surface area contributed by atoms with Crippen molar-refractivity contribution in [2.75, 3.05) is 19.8 Å². The Morgan fingerprint density at radius 3 is 2.85 bits per heavy atom. The smallest absolute Gasteiger partial charge is 0.146 e. The summed E-state index contributed by atoms with van der Waals surface area (Å²) in [6, 6.07) is 5.31. The number of benzene rings is 1. The number of hydrogen-bond acceptors (Lipinski definition) is 2. The van der Waals surface area contributed by atoms with E-state index in [1.807, 2.05) is 12.1 Å². The van der Waals surface area contributed by atoms with Crippen LogP contribution in [0.25, 0.3) is 0 Å². The van der Waals surface area contributed by atoms with E-state index in [0.717, 1.165) is 45.4 Å². The van der Waals surface area contributed by atoms with E-state index in [2.05, 4.69) is 12.2 Å². The molecule has 0 amide bonds. The lowest BCUT2D eigenvalue weighted by molar-refractivity contribution is 0.0604. The maximum Gasteiger partial charge on any atom is 0.146 e. The molecule has 1 unspecified atom stereocenters. The molecule has 0 spiro atoms. The summed E-state index contributed by atoms with van der Waals surface area (Å²) in [7, 11) is 0. The van der Waals surface area contributed by atoms with Crippen LogP contribution in [0.4, 0.5) is 4.39 Å². The van der Waals surface area contributed by atoms with E-state index >= 15 is 0 Å². The molecule has 0 saturated carbocycles. The molecule has 1 aliphatic heterocycles. The quantitative estimate of drug-likeness (QED) is 0.844. The zero-order valence-corrected chi connectivity index (χ0v) is 12.8. The van der Waals surface area contributed by atoms with Gasteiger partial charge in [0.1, 0.15) is 5.82 Å². The van der Waals surface area contributed by atoms with Gasteiger partial charge >= 0.3 is 0 Å². The Kier molecular flexibility index (Phi) is 6.27. The van der Waals surface area contributed by atoms with Crippen LogP contribution in [0.2, 0.25) is 5.02 Å². The highest BCUT2D eigenvalue weighted by atomic mass is 35.5. The Balaban J connectivity index is 2.11. The van der Waals surface area contributed by atoms with Gasteiger partial charge < -0.3 is 10.1 Å². The average Bonchev–Trinajstić information content (AvgIpc) is 2.48. The first kappa shape index (κ1) is 15.7. The van der Waals surface area contributed by atoms with E-state index in [9.17, 15) is 4.39 Å².